The lowest BCUT2D eigenvalue weighted by Crippen LogP contribution is -2.33. The summed E-state index contributed by atoms with van der Waals surface area (Å²) in [6, 6.07) is 92.6. The number of hydrogen-bond donors (Lipinski definition) is 0. The van der Waals surface area contributed by atoms with E-state index < -0.39 is 5.41 Å². The lowest BCUT2D eigenvalue weighted by Gasteiger charge is -2.42. The standard InChI is InChI=1S/C69H57N/c1-67(2)43-44-68(3,4)65-45-54(39-42-63(65)67)52-33-35-53(36-34-52)60-46-61-59-27-17-18-28-62(59)69(55-21-11-6-12-22-55,56-23-13-7-14-24-56)64(61)47-66(60)70(57-25-15-8-16-26-57)58-40-37-51(38-41-58)50-31-29-49(30-32-50)48-19-9-5-10-20-48/h5-42,45-47H,43-44H2,1-4H3. The molecule has 0 N–H and O–H groups in total. The van der Waals surface area contributed by atoms with Crippen LogP contribution in [0.5, 0.6) is 0 Å². The molecule has 338 valence electrons. The Balaban J connectivity index is 1.06. The Morgan fingerprint density at radius 2 is 0.714 bits per heavy atom. The van der Waals surface area contributed by atoms with Crippen LogP contribution in [0.3, 0.4) is 0 Å². The first kappa shape index (κ1) is 43.3. The highest BCUT2D eigenvalue weighted by Gasteiger charge is 2.47. The van der Waals surface area contributed by atoms with Crippen LogP contribution in [0.25, 0.3) is 55.6 Å². The fourth-order valence-corrected chi connectivity index (χ4v) is 11.8. The largest absolute Gasteiger partial charge is 0.310 e. The summed E-state index contributed by atoms with van der Waals surface area (Å²) in [5.41, 5.74) is 23.3. The Bertz CT molecular complexity index is 3440. The van der Waals surface area contributed by atoms with E-state index in [1.54, 1.807) is 0 Å². The summed E-state index contributed by atoms with van der Waals surface area (Å²) < 4.78 is 0. The van der Waals surface area contributed by atoms with Crippen LogP contribution in [-0.4, -0.2) is 0 Å². The minimum absolute atomic E-state index is 0.136. The monoisotopic (exact) mass is 899 g/mol. The summed E-state index contributed by atoms with van der Waals surface area (Å²) in [6.45, 7) is 9.65. The van der Waals surface area contributed by atoms with Crippen LogP contribution in [0.1, 0.15) is 73.9 Å². The minimum Gasteiger partial charge on any atom is -0.310 e. The normalized spacial score (nSPS) is 14.8. The molecule has 0 aromatic heterocycles. The van der Waals surface area contributed by atoms with E-state index in [9.17, 15) is 0 Å². The van der Waals surface area contributed by atoms with Gasteiger partial charge < -0.3 is 4.90 Å². The molecule has 0 bridgehead atoms. The summed E-state index contributed by atoms with van der Waals surface area (Å²) in [7, 11) is 0. The van der Waals surface area contributed by atoms with Crippen molar-refractivity contribution >= 4 is 17.1 Å². The second-order valence-corrected chi connectivity index (χ2v) is 20.7. The molecular weight excluding hydrogens is 843 g/mol. The van der Waals surface area contributed by atoms with E-state index in [1.165, 1.54) is 102 Å². The van der Waals surface area contributed by atoms with Gasteiger partial charge in [-0.1, -0.05) is 240 Å². The molecule has 0 saturated carbocycles. The number of nitrogens with zero attached hydrogens (tertiary/aromatic N) is 1. The number of fused-ring (bicyclic) bond motifs is 4. The number of para-hydroxylation sites is 1. The summed E-state index contributed by atoms with van der Waals surface area (Å²) in [6.07, 6.45) is 2.40. The van der Waals surface area contributed by atoms with Crippen LogP contribution in [0.2, 0.25) is 0 Å². The van der Waals surface area contributed by atoms with Gasteiger partial charge in [0.2, 0.25) is 0 Å². The Kier molecular flexibility index (Phi) is 10.6. The third-order valence-corrected chi connectivity index (χ3v) is 15.7. The van der Waals surface area contributed by atoms with E-state index in [0.29, 0.717) is 0 Å². The highest BCUT2D eigenvalue weighted by molar-refractivity contribution is 5.97. The van der Waals surface area contributed by atoms with Crippen molar-refractivity contribution in [2.45, 2.75) is 56.8 Å². The van der Waals surface area contributed by atoms with Gasteiger partial charge in [-0.3, -0.25) is 0 Å². The SMILES string of the molecule is CC1(C)CCC(C)(C)c2cc(-c3ccc(-c4cc5c(cc4N(c4ccccc4)c4ccc(-c6ccc(-c7ccccc7)cc6)cc4)C(c4ccccc4)(c4ccccc4)c4ccccc4-5)cc3)ccc21. The molecule has 70 heavy (non-hydrogen) atoms. The molecule has 10 aromatic carbocycles. The summed E-state index contributed by atoms with van der Waals surface area (Å²) in [5.74, 6) is 0. The van der Waals surface area contributed by atoms with Crippen molar-refractivity contribution in [2.24, 2.45) is 0 Å². The third kappa shape index (κ3) is 7.31. The predicted molar refractivity (Wildman–Crippen MR) is 295 cm³/mol. The molecule has 10 aromatic rings. The maximum Gasteiger partial charge on any atom is 0.0714 e. The molecule has 0 aliphatic heterocycles. The van der Waals surface area contributed by atoms with E-state index in [-0.39, 0.29) is 10.8 Å². The zero-order valence-electron chi connectivity index (χ0n) is 40.5. The van der Waals surface area contributed by atoms with Gasteiger partial charge in [-0.15, -0.1) is 0 Å². The molecule has 0 fully saturated rings. The van der Waals surface area contributed by atoms with E-state index in [1.807, 2.05) is 0 Å². The molecule has 1 heteroatoms. The quantitative estimate of drug-likeness (QED) is 0.140. The maximum absolute atomic E-state index is 2.52. The Labute approximate surface area is 414 Å². The first-order chi connectivity index (χ1) is 34.2. The van der Waals surface area contributed by atoms with Crippen molar-refractivity contribution in [3.8, 4) is 55.6 Å². The van der Waals surface area contributed by atoms with E-state index in [2.05, 4.69) is 281 Å². The molecule has 2 aliphatic carbocycles. The second-order valence-electron chi connectivity index (χ2n) is 20.7. The van der Waals surface area contributed by atoms with E-state index in [0.717, 1.165) is 17.1 Å². The first-order valence-electron chi connectivity index (χ1n) is 25.0. The van der Waals surface area contributed by atoms with Crippen molar-refractivity contribution in [1.82, 2.24) is 0 Å². The van der Waals surface area contributed by atoms with Gasteiger partial charge >= 0.3 is 0 Å². The molecule has 0 atom stereocenters. The maximum atomic E-state index is 2.52. The average Bonchev–Trinajstić information content (AvgIpc) is 3.71. The summed E-state index contributed by atoms with van der Waals surface area (Å²) in [4.78, 5) is 2.48. The van der Waals surface area contributed by atoms with Gasteiger partial charge in [0.15, 0.2) is 0 Å². The molecule has 2 aliphatic rings. The minimum atomic E-state index is -0.557. The Hall–Kier alpha value is -8.00. The molecule has 0 radical (unpaired) electrons. The Morgan fingerprint density at radius 1 is 0.286 bits per heavy atom. The molecular formula is C69H57N. The lowest BCUT2D eigenvalue weighted by atomic mass is 9.63. The zero-order chi connectivity index (χ0) is 47.5. The molecule has 0 spiro atoms. The van der Waals surface area contributed by atoms with Crippen LogP contribution in [0, 0.1) is 0 Å². The molecule has 0 saturated heterocycles. The number of rotatable bonds is 9. The third-order valence-electron chi connectivity index (χ3n) is 15.7. The fraction of sp³-hybridized carbons (Fsp3) is 0.130. The van der Waals surface area contributed by atoms with Gasteiger partial charge in [-0.05, 0) is 144 Å². The number of anilines is 3. The van der Waals surface area contributed by atoms with Gasteiger partial charge in [-0.2, -0.15) is 0 Å². The van der Waals surface area contributed by atoms with Gasteiger partial charge in [-0.25, -0.2) is 0 Å². The topological polar surface area (TPSA) is 3.24 Å². The highest BCUT2D eigenvalue weighted by atomic mass is 15.1. The number of hydrogen-bond acceptors (Lipinski definition) is 1. The van der Waals surface area contributed by atoms with Crippen molar-refractivity contribution in [2.75, 3.05) is 4.90 Å². The highest BCUT2D eigenvalue weighted by Crippen LogP contribution is 2.59. The smallest absolute Gasteiger partial charge is 0.0714 e. The second kappa shape index (κ2) is 17.2. The predicted octanol–water partition coefficient (Wildman–Crippen LogP) is 18.5. The molecule has 0 unspecified atom stereocenters. The van der Waals surface area contributed by atoms with Crippen LogP contribution in [-0.2, 0) is 16.2 Å². The molecule has 1 nitrogen and oxygen atoms in total. The lowest BCUT2D eigenvalue weighted by molar-refractivity contribution is 0.332. The molecule has 0 amide bonds. The van der Waals surface area contributed by atoms with Crippen LogP contribution in [0.4, 0.5) is 17.1 Å². The number of benzene rings is 10. The molecule has 0 heterocycles. The summed E-state index contributed by atoms with van der Waals surface area (Å²) in [5, 5.41) is 0. The van der Waals surface area contributed by atoms with Crippen molar-refractivity contribution in [3.63, 3.8) is 0 Å². The van der Waals surface area contributed by atoms with E-state index >= 15 is 0 Å². The van der Waals surface area contributed by atoms with Crippen molar-refractivity contribution < 1.29 is 0 Å². The van der Waals surface area contributed by atoms with Gasteiger partial charge in [0.25, 0.3) is 0 Å². The molecule has 12 rings (SSSR count). The van der Waals surface area contributed by atoms with Crippen molar-refractivity contribution in [1.29, 1.82) is 0 Å². The van der Waals surface area contributed by atoms with Gasteiger partial charge in [0, 0.05) is 16.9 Å². The van der Waals surface area contributed by atoms with Crippen LogP contribution in [0.15, 0.2) is 249 Å². The first-order valence-corrected chi connectivity index (χ1v) is 25.0. The van der Waals surface area contributed by atoms with Crippen LogP contribution >= 0.6 is 0 Å². The van der Waals surface area contributed by atoms with E-state index in [4.69, 9.17) is 0 Å². The Morgan fingerprint density at radius 3 is 1.30 bits per heavy atom. The van der Waals surface area contributed by atoms with Gasteiger partial charge in [0.1, 0.15) is 0 Å². The van der Waals surface area contributed by atoms with Crippen molar-refractivity contribution in [3.05, 3.63) is 282 Å². The fourth-order valence-electron chi connectivity index (χ4n) is 11.8. The van der Waals surface area contributed by atoms with Crippen LogP contribution < -0.4 is 4.90 Å². The zero-order valence-corrected chi connectivity index (χ0v) is 40.5. The summed E-state index contributed by atoms with van der Waals surface area (Å²) >= 11 is 0. The average molecular weight is 900 g/mol. The van der Waals surface area contributed by atoms with Gasteiger partial charge in [0.05, 0.1) is 11.1 Å².